The fraction of sp³-hybridized carbons (Fsp3) is 0.154. The van der Waals surface area contributed by atoms with E-state index in [0.29, 0.717) is 10.0 Å². The number of hydrogen-bond donors (Lipinski definition) is 1. The first-order valence-electron chi connectivity index (χ1n) is 5.78. The van der Waals surface area contributed by atoms with Crippen LogP contribution in [0.4, 0.5) is 5.69 Å². The van der Waals surface area contributed by atoms with Crippen LogP contribution in [0.3, 0.4) is 0 Å². The Balaban J connectivity index is 2.23. The number of nitro groups is 1. The van der Waals surface area contributed by atoms with E-state index in [-0.39, 0.29) is 29.6 Å². The zero-order valence-electron chi connectivity index (χ0n) is 10.8. The summed E-state index contributed by atoms with van der Waals surface area (Å²) in [5.41, 5.74) is 0.410. The SMILES string of the molecule is Cc1cc(Br)cc([N+](=O)[O-])c1OCc1ccc(C(=O)O)o1. The highest BCUT2D eigenvalue weighted by Crippen LogP contribution is 2.34. The number of carboxylic acids is 1. The van der Waals surface area contributed by atoms with Crippen LogP contribution < -0.4 is 4.74 Å². The Morgan fingerprint density at radius 3 is 2.76 bits per heavy atom. The van der Waals surface area contributed by atoms with Crippen LogP contribution in [0, 0.1) is 17.0 Å². The summed E-state index contributed by atoms with van der Waals surface area (Å²) in [7, 11) is 0. The molecule has 0 spiro atoms. The van der Waals surface area contributed by atoms with Crippen LogP contribution in [0.2, 0.25) is 0 Å². The van der Waals surface area contributed by atoms with E-state index in [2.05, 4.69) is 15.9 Å². The second kappa shape index (κ2) is 5.96. The van der Waals surface area contributed by atoms with E-state index in [1.807, 2.05) is 0 Å². The lowest BCUT2D eigenvalue weighted by atomic mass is 10.2. The van der Waals surface area contributed by atoms with Crippen LogP contribution in [0.25, 0.3) is 0 Å². The number of ether oxygens (including phenoxy) is 1. The molecule has 0 aliphatic heterocycles. The molecule has 1 aromatic carbocycles. The lowest BCUT2D eigenvalue weighted by Crippen LogP contribution is -2.01. The normalized spacial score (nSPS) is 10.4. The van der Waals surface area contributed by atoms with Gasteiger partial charge in [0, 0.05) is 10.5 Å². The Morgan fingerprint density at radius 2 is 2.19 bits per heavy atom. The minimum atomic E-state index is -1.19. The predicted molar refractivity (Wildman–Crippen MR) is 75.5 cm³/mol. The topological polar surface area (TPSA) is 103 Å². The van der Waals surface area contributed by atoms with Crippen LogP contribution in [0.1, 0.15) is 21.9 Å². The number of rotatable bonds is 5. The highest BCUT2D eigenvalue weighted by molar-refractivity contribution is 9.10. The molecule has 7 nitrogen and oxygen atoms in total. The van der Waals surface area contributed by atoms with Crippen molar-refractivity contribution >= 4 is 27.6 Å². The molecule has 1 heterocycles. The highest BCUT2D eigenvalue weighted by atomic mass is 79.9. The predicted octanol–water partition coefficient (Wildman–Crippen LogP) is 3.54. The molecule has 0 saturated carbocycles. The highest BCUT2D eigenvalue weighted by Gasteiger charge is 2.19. The van der Waals surface area contributed by atoms with Gasteiger partial charge in [-0.3, -0.25) is 10.1 Å². The third-order valence-electron chi connectivity index (χ3n) is 2.65. The fourth-order valence-corrected chi connectivity index (χ4v) is 2.31. The van der Waals surface area contributed by atoms with Crippen molar-refractivity contribution in [1.29, 1.82) is 0 Å². The number of carbonyl (C=O) groups is 1. The molecule has 8 heteroatoms. The smallest absolute Gasteiger partial charge is 0.371 e. The zero-order valence-corrected chi connectivity index (χ0v) is 12.4. The molecule has 2 aromatic rings. The van der Waals surface area contributed by atoms with Gasteiger partial charge in [-0.25, -0.2) is 4.79 Å². The van der Waals surface area contributed by atoms with Gasteiger partial charge in [0.2, 0.25) is 11.5 Å². The quantitative estimate of drug-likeness (QED) is 0.649. The summed E-state index contributed by atoms with van der Waals surface area (Å²) in [6.45, 7) is 1.58. The number of aromatic carboxylic acids is 1. The van der Waals surface area contributed by atoms with Crippen LogP contribution in [0.15, 0.2) is 33.2 Å². The number of aryl methyl sites for hydroxylation is 1. The molecule has 0 fully saturated rings. The summed E-state index contributed by atoms with van der Waals surface area (Å²) in [6, 6.07) is 5.77. The maximum atomic E-state index is 11.0. The minimum Gasteiger partial charge on any atom is -0.478 e. The fourth-order valence-electron chi connectivity index (χ4n) is 1.75. The summed E-state index contributed by atoms with van der Waals surface area (Å²) in [5, 5.41) is 19.8. The standard InChI is InChI=1S/C13H10BrNO6/c1-7-4-8(14)5-10(15(18)19)12(7)20-6-9-2-3-11(21-9)13(16)17/h2-5H,6H2,1H3,(H,16,17). The molecule has 0 saturated heterocycles. The van der Waals surface area contributed by atoms with E-state index in [4.69, 9.17) is 14.3 Å². The van der Waals surface area contributed by atoms with Gasteiger partial charge in [-0.1, -0.05) is 15.9 Å². The lowest BCUT2D eigenvalue weighted by Gasteiger charge is -2.08. The molecule has 0 atom stereocenters. The van der Waals surface area contributed by atoms with E-state index < -0.39 is 10.9 Å². The summed E-state index contributed by atoms with van der Waals surface area (Å²) in [4.78, 5) is 21.2. The van der Waals surface area contributed by atoms with Crippen LogP contribution in [0.5, 0.6) is 5.75 Å². The summed E-state index contributed by atoms with van der Waals surface area (Å²) >= 11 is 3.19. The van der Waals surface area contributed by atoms with Crippen molar-refractivity contribution in [2.24, 2.45) is 0 Å². The molecule has 0 aliphatic carbocycles. The number of carboxylic acid groups (broad SMARTS) is 1. The maximum absolute atomic E-state index is 11.0. The van der Waals surface area contributed by atoms with Crippen molar-refractivity contribution < 1.29 is 24.0 Å². The lowest BCUT2D eigenvalue weighted by molar-refractivity contribution is -0.386. The van der Waals surface area contributed by atoms with Gasteiger partial charge in [0.1, 0.15) is 12.4 Å². The van der Waals surface area contributed by atoms with Gasteiger partial charge >= 0.3 is 11.7 Å². The number of nitrogens with zero attached hydrogens (tertiary/aromatic N) is 1. The van der Waals surface area contributed by atoms with E-state index in [9.17, 15) is 14.9 Å². The van der Waals surface area contributed by atoms with Crippen molar-refractivity contribution in [2.45, 2.75) is 13.5 Å². The molecular formula is C13H10BrNO6. The van der Waals surface area contributed by atoms with Crippen LogP contribution >= 0.6 is 15.9 Å². The number of nitro benzene ring substituents is 1. The second-order valence-corrected chi connectivity index (χ2v) is 5.10. The average molecular weight is 356 g/mol. The van der Waals surface area contributed by atoms with Crippen LogP contribution in [-0.2, 0) is 6.61 Å². The van der Waals surface area contributed by atoms with Gasteiger partial charge in [-0.2, -0.15) is 0 Å². The first-order chi connectivity index (χ1) is 9.88. The third-order valence-corrected chi connectivity index (χ3v) is 3.11. The summed E-state index contributed by atoms with van der Waals surface area (Å²) < 4.78 is 11.0. The van der Waals surface area contributed by atoms with E-state index in [0.717, 1.165) is 0 Å². The molecule has 0 aliphatic rings. The summed E-state index contributed by atoms with van der Waals surface area (Å²) in [5.74, 6) is -1.01. The van der Waals surface area contributed by atoms with E-state index in [1.54, 1.807) is 13.0 Å². The van der Waals surface area contributed by atoms with Gasteiger partial charge in [0.25, 0.3) is 0 Å². The Kier molecular flexibility index (Phi) is 4.27. The van der Waals surface area contributed by atoms with Crippen molar-refractivity contribution in [1.82, 2.24) is 0 Å². The van der Waals surface area contributed by atoms with Gasteiger partial charge in [-0.15, -0.1) is 0 Å². The number of hydrogen-bond acceptors (Lipinski definition) is 5. The first-order valence-corrected chi connectivity index (χ1v) is 6.57. The van der Waals surface area contributed by atoms with E-state index >= 15 is 0 Å². The van der Waals surface area contributed by atoms with Gasteiger partial charge in [-0.05, 0) is 30.7 Å². The Hall–Kier alpha value is -2.35. The van der Waals surface area contributed by atoms with Crippen molar-refractivity contribution in [3.05, 3.63) is 55.9 Å². The second-order valence-electron chi connectivity index (χ2n) is 4.19. The maximum Gasteiger partial charge on any atom is 0.371 e. The van der Waals surface area contributed by atoms with Gasteiger partial charge in [0.15, 0.2) is 0 Å². The third kappa shape index (κ3) is 3.40. The molecule has 0 amide bonds. The van der Waals surface area contributed by atoms with Crippen molar-refractivity contribution in [3.8, 4) is 5.75 Å². The average Bonchev–Trinajstić information content (AvgIpc) is 2.85. The largest absolute Gasteiger partial charge is 0.478 e. The van der Waals surface area contributed by atoms with E-state index in [1.165, 1.54) is 18.2 Å². The molecule has 1 aromatic heterocycles. The molecule has 2 rings (SSSR count). The molecular weight excluding hydrogens is 346 g/mol. The van der Waals surface area contributed by atoms with Crippen molar-refractivity contribution in [3.63, 3.8) is 0 Å². The van der Waals surface area contributed by atoms with Gasteiger partial charge in [0.05, 0.1) is 4.92 Å². The molecule has 0 unspecified atom stereocenters. The monoisotopic (exact) mass is 355 g/mol. The Morgan fingerprint density at radius 1 is 1.48 bits per heavy atom. The molecule has 110 valence electrons. The molecule has 1 N–H and O–H groups in total. The number of benzene rings is 1. The minimum absolute atomic E-state index is 0.101. The first kappa shape index (κ1) is 15.0. The molecule has 0 bridgehead atoms. The Labute approximate surface area is 127 Å². The van der Waals surface area contributed by atoms with Crippen LogP contribution in [-0.4, -0.2) is 16.0 Å². The number of halogens is 1. The molecule has 21 heavy (non-hydrogen) atoms. The zero-order chi connectivity index (χ0) is 15.6. The number of furan rings is 1. The summed E-state index contributed by atoms with van der Waals surface area (Å²) in [6.07, 6.45) is 0. The van der Waals surface area contributed by atoms with Gasteiger partial charge < -0.3 is 14.3 Å². The van der Waals surface area contributed by atoms with Crippen molar-refractivity contribution in [2.75, 3.05) is 0 Å². The molecule has 0 radical (unpaired) electrons. The Bertz CT molecular complexity index is 709.